The number of ether oxygens (including phenoxy) is 1. The predicted molar refractivity (Wildman–Crippen MR) is 72.0 cm³/mol. The summed E-state index contributed by atoms with van der Waals surface area (Å²) in [6.07, 6.45) is 2.13. The van der Waals surface area contributed by atoms with Crippen molar-refractivity contribution in [3.05, 3.63) is 59.1 Å². The molecule has 0 bridgehead atoms. The highest BCUT2D eigenvalue weighted by Gasteiger charge is 2.03. The highest BCUT2D eigenvalue weighted by molar-refractivity contribution is 6.30. The van der Waals surface area contributed by atoms with Crippen LogP contribution in [0.15, 0.2) is 48.5 Å². The van der Waals surface area contributed by atoms with Gasteiger partial charge in [-0.15, -0.1) is 0 Å². The van der Waals surface area contributed by atoms with Gasteiger partial charge < -0.3 is 4.74 Å². The molecule has 0 amide bonds. The second-order valence-corrected chi connectivity index (χ2v) is 4.35. The minimum atomic E-state index is 0.690. The number of rotatable bonds is 4. The number of para-hydroxylation sites is 1. The number of aryl methyl sites for hydroxylation is 1. The summed E-state index contributed by atoms with van der Waals surface area (Å²) in [7, 11) is 0. The van der Waals surface area contributed by atoms with Crippen LogP contribution in [0.5, 0.6) is 11.5 Å². The molecule has 0 unspecified atom stereocenters. The smallest absolute Gasteiger partial charge is 0.130 e. The van der Waals surface area contributed by atoms with E-state index in [9.17, 15) is 0 Å². The van der Waals surface area contributed by atoms with Crippen molar-refractivity contribution in [1.29, 1.82) is 0 Å². The minimum Gasteiger partial charge on any atom is -0.457 e. The first-order chi connectivity index (χ1) is 8.29. The molecule has 1 nitrogen and oxygen atoms in total. The van der Waals surface area contributed by atoms with Gasteiger partial charge in [-0.1, -0.05) is 49.2 Å². The third kappa shape index (κ3) is 3.24. The summed E-state index contributed by atoms with van der Waals surface area (Å²) in [6.45, 7) is 2.16. The molecule has 2 heteroatoms. The average molecular weight is 247 g/mol. The third-order valence-corrected chi connectivity index (χ3v) is 2.75. The first-order valence-corrected chi connectivity index (χ1v) is 6.18. The molecule has 0 saturated carbocycles. The maximum Gasteiger partial charge on any atom is 0.130 e. The lowest BCUT2D eigenvalue weighted by Crippen LogP contribution is -1.91. The molecule has 0 N–H and O–H groups in total. The fraction of sp³-hybridized carbons (Fsp3) is 0.200. The number of hydrogen-bond acceptors (Lipinski definition) is 1. The van der Waals surface area contributed by atoms with Crippen LogP contribution < -0.4 is 4.74 Å². The number of halogens is 1. The van der Waals surface area contributed by atoms with E-state index in [1.54, 1.807) is 0 Å². The summed E-state index contributed by atoms with van der Waals surface area (Å²) in [4.78, 5) is 0. The monoisotopic (exact) mass is 246 g/mol. The first kappa shape index (κ1) is 12.0. The van der Waals surface area contributed by atoms with Gasteiger partial charge in [0.05, 0.1) is 0 Å². The Morgan fingerprint density at radius 1 is 1.06 bits per heavy atom. The molecule has 0 saturated heterocycles. The molecule has 0 atom stereocenters. The van der Waals surface area contributed by atoms with Crippen LogP contribution >= 0.6 is 11.6 Å². The van der Waals surface area contributed by atoms with Crippen LogP contribution in [0.3, 0.4) is 0 Å². The fourth-order valence-electron chi connectivity index (χ4n) is 1.74. The van der Waals surface area contributed by atoms with Crippen molar-refractivity contribution < 1.29 is 4.74 Å². The van der Waals surface area contributed by atoms with Gasteiger partial charge in [-0.3, -0.25) is 0 Å². The van der Waals surface area contributed by atoms with Gasteiger partial charge in [0.15, 0.2) is 0 Å². The van der Waals surface area contributed by atoms with Crippen LogP contribution in [0, 0.1) is 0 Å². The van der Waals surface area contributed by atoms with Gasteiger partial charge in [-0.05, 0) is 36.2 Å². The molecule has 17 heavy (non-hydrogen) atoms. The Morgan fingerprint density at radius 3 is 2.65 bits per heavy atom. The van der Waals surface area contributed by atoms with Crippen molar-refractivity contribution in [2.24, 2.45) is 0 Å². The van der Waals surface area contributed by atoms with Gasteiger partial charge in [-0.2, -0.15) is 0 Å². The maximum atomic E-state index is 5.93. The zero-order chi connectivity index (χ0) is 12.1. The van der Waals surface area contributed by atoms with E-state index in [2.05, 4.69) is 13.0 Å². The largest absolute Gasteiger partial charge is 0.457 e. The Hall–Kier alpha value is -1.47. The van der Waals surface area contributed by atoms with Gasteiger partial charge in [0.25, 0.3) is 0 Å². The van der Waals surface area contributed by atoms with Gasteiger partial charge >= 0.3 is 0 Å². The van der Waals surface area contributed by atoms with Crippen molar-refractivity contribution in [3.8, 4) is 11.5 Å². The highest BCUT2D eigenvalue weighted by atomic mass is 35.5. The lowest BCUT2D eigenvalue weighted by molar-refractivity contribution is 0.476. The van der Waals surface area contributed by atoms with Crippen LogP contribution in [0.25, 0.3) is 0 Å². The fourth-order valence-corrected chi connectivity index (χ4v) is 1.92. The van der Waals surface area contributed by atoms with E-state index < -0.39 is 0 Å². The van der Waals surface area contributed by atoms with E-state index in [0.29, 0.717) is 5.02 Å². The molecule has 2 aromatic rings. The number of hydrogen-bond donors (Lipinski definition) is 0. The van der Waals surface area contributed by atoms with Crippen LogP contribution in [0.1, 0.15) is 18.9 Å². The van der Waals surface area contributed by atoms with Crippen LogP contribution in [-0.2, 0) is 6.42 Å². The van der Waals surface area contributed by atoms with Crippen molar-refractivity contribution in [2.75, 3.05) is 0 Å². The molecule has 0 aliphatic rings. The molecule has 0 aromatic heterocycles. The Morgan fingerprint density at radius 2 is 1.88 bits per heavy atom. The predicted octanol–water partition coefficient (Wildman–Crippen LogP) is 5.08. The topological polar surface area (TPSA) is 9.23 Å². The molecule has 0 aliphatic carbocycles. The van der Waals surface area contributed by atoms with Crippen molar-refractivity contribution in [2.45, 2.75) is 19.8 Å². The zero-order valence-electron chi connectivity index (χ0n) is 9.82. The highest BCUT2D eigenvalue weighted by Crippen LogP contribution is 2.27. The number of benzene rings is 2. The molecular formula is C15H15ClO. The maximum absolute atomic E-state index is 5.93. The van der Waals surface area contributed by atoms with Gasteiger partial charge in [0.2, 0.25) is 0 Å². The first-order valence-electron chi connectivity index (χ1n) is 5.81. The molecule has 88 valence electrons. The van der Waals surface area contributed by atoms with Crippen molar-refractivity contribution in [3.63, 3.8) is 0 Å². The van der Waals surface area contributed by atoms with Crippen LogP contribution in [0.4, 0.5) is 0 Å². The normalized spacial score (nSPS) is 10.2. The van der Waals surface area contributed by atoms with E-state index >= 15 is 0 Å². The molecule has 0 aliphatic heterocycles. The Labute approximate surface area is 107 Å². The SMILES string of the molecule is CCCc1ccccc1Oc1cccc(Cl)c1. The van der Waals surface area contributed by atoms with E-state index in [1.807, 2.05) is 42.5 Å². The van der Waals surface area contributed by atoms with E-state index in [0.717, 1.165) is 24.3 Å². The quantitative estimate of drug-likeness (QED) is 0.731. The summed E-state index contributed by atoms with van der Waals surface area (Å²) in [5.74, 6) is 1.69. The minimum absolute atomic E-state index is 0.690. The second kappa shape index (κ2) is 5.74. The molecule has 2 rings (SSSR count). The lowest BCUT2D eigenvalue weighted by atomic mass is 10.1. The molecule has 0 heterocycles. The molecule has 0 spiro atoms. The van der Waals surface area contributed by atoms with Crippen LogP contribution in [-0.4, -0.2) is 0 Å². The van der Waals surface area contributed by atoms with Gasteiger partial charge in [-0.25, -0.2) is 0 Å². The van der Waals surface area contributed by atoms with E-state index in [-0.39, 0.29) is 0 Å². The molecular weight excluding hydrogens is 232 g/mol. The standard InChI is InChI=1S/C15H15ClO/c1-2-6-12-7-3-4-10-15(12)17-14-9-5-8-13(16)11-14/h3-5,7-11H,2,6H2,1H3. The second-order valence-electron chi connectivity index (χ2n) is 3.92. The Balaban J connectivity index is 2.23. The zero-order valence-corrected chi connectivity index (χ0v) is 10.6. The lowest BCUT2D eigenvalue weighted by Gasteiger charge is -2.10. The van der Waals surface area contributed by atoms with E-state index in [4.69, 9.17) is 16.3 Å². The molecule has 0 radical (unpaired) electrons. The summed E-state index contributed by atoms with van der Waals surface area (Å²) in [6, 6.07) is 15.6. The van der Waals surface area contributed by atoms with Crippen LogP contribution in [0.2, 0.25) is 5.02 Å². The third-order valence-electron chi connectivity index (χ3n) is 2.52. The Kier molecular flexibility index (Phi) is 4.05. The van der Waals surface area contributed by atoms with Crippen molar-refractivity contribution >= 4 is 11.6 Å². The summed E-state index contributed by atoms with van der Waals surface area (Å²) < 4.78 is 5.86. The summed E-state index contributed by atoms with van der Waals surface area (Å²) in [5.41, 5.74) is 1.23. The summed E-state index contributed by atoms with van der Waals surface area (Å²) >= 11 is 5.93. The van der Waals surface area contributed by atoms with Gasteiger partial charge in [0.1, 0.15) is 11.5 Å². The molecule has 2 aromatic carbocycles. The molecule has 0 fully saturated rings. The average Bonchev–Trinajstić information content (AvgIpc) is 2.32. The van der Waals surface area contributed by atoms with E-state index in [1.165, 1.54) is 5.56 Å². The van der Waals surface area contributed by atoms with Crippen molar-refractivity contribution in [1.82, 2.24) is 0 Å². The summed E-state index contributed by atoms with van der Waals surface area (Å²) in [5, 5.41) is 0.690. The Bertz CT molecular complexity index is 494. The van der Waals surface area contributed by atoms with Gasteiger partial charge in [0, 0.05) is 5.02 Å².